The third-order valence-electron chi connectivity index (χ3n) is 4.55. The van der Waals surface area contributed by atoms with Gasteiger partial charge >= 0.3 is 0 Å². The number of anilines is 1. The van der Waals surface area contributed by atoms with Crippen LogP contribution in [0.5, 0.6) is 0 Å². The van der Waals surface area contributed by atoms with Crippen molar-refractivity contribution in [2.24, 2.45) is 13.0 Å². The summed E-state index contributed by atoms with van der Waals surface area (Å²) in [6, 6.07) is 10.7. The fourth-order valence-corrected chi connectivity index (χ4v) is 3.20. The van der Waals surface area contributed by atoms with Crippen molar-refractivity contribution in [3.8, 4) is 0 Å². The van der Waals surface area contributed by atoms with Gasteiger partial charge in [0.05, 0.1) is 0 Å². The maximum absolute atomic E-state index is 12.2. The lowest BCUT2D eigenvalue weighted by molar-refractivity contribution is 0.102. The molecule has 2 heterocycles. The Labute approximate surface area is 147 Å². The van der Waals surface area contributed by atoms with Crippen molar-refractivity contribution in [2.75, 3.05) is 18.4 Å². The van der Waals surface area contributed by atoms with Gasteiger partial charge in [0.1, 0.15) is 5.69 Å². The van der Waals surface area contributed by atoms with Crippen LogP contribution in [0.15, 0.2) is 41.2 Å². The monoisotopic (exact) mass is 340 g/mol. The minimum atomic E-state index is -0.326. The Morgan fingerprint density at radius 1 is 1.24 bits per heavy atom. The van der Waals surface area contributed by atoms with E-state index in [1.807, 2.05) is 24.3 Å². The molecule has 1 aliphatic heterocycles. The fourth-order valence-electron chi connectivity index (χ4n) is 3.20. The quantitative estimate of drug-likeness (QED) is 0.927. The van der Waals surface area contributed by atoms with Crippen molar-refractivity contribution in [1.82, 2.24) is 14.7 Å². The van der Waals surface area contributed by atoms with Gasteiger partial charge in [-0.3, -0.25) is 14.5 Å². The van der Waals surface area contributed by atoms with E-state index in [0.717, 1.165) is 35.9 Å². The number of nitrogens with one attached hydrogen (secondary N) is 1. The Kier molecular flexibility index (Phi) is 5.28. The van der Waals surface area contributed by atoms with Gasteiger partial charge in [0, 0.05) is 31.9 Å². The molecule has 0 aliphatic carbocycles. The first-order chi connectivity index (χ1) is 12.0. The lowest BCUT2D eigenvalue weighted by Crippen LogP contribution is -2.33. The number of aryl methyl sites for hydroxylation is 1. The van der Waals surface area contributed by atoms with E-state index in [1.54, 1.807) is 0 Å². The fraction of sp³-hybridized carbons (Fsp3) is 0.421. The Hall–Kier alpha value is -2.47. The van der Waals surface area contributed by atoms with Gasteiger partial charge in [0.2, 0.25) is 0 Å². The van der Waals surface area contributed by atoms with E-state index in [2.05, 4.69) is 22.2 Å². The molecule has 0 saturated carbocycles. The zero-order valence-corrected chi connectivity index (χ0v) is 14.7. The van der Waals surface area contributed by atoms with Gasteiger partial charge in [0.25, 0.3) is 11.5 Å². The van der Waals surface area contributed by atoms with E-state index >= 15 is 0 Å². The molecular formula is C19H24N4O2. The number of hydrogen-bond acceptors (Lipinski definition) is 4. The van der Waals surface area contributed by atoms with E-state index in [0.29, 0.717) is 0 Å². The third kappa shape index (κ3) is 4.54. The number of benzene rings is 1. The van der Waals surface area contributed by atoms with Crippen molar-refractivity contribution in [3.63, 3.8) is 0 Å². The van der Waals surface area contributed by atoms with Gasteiger partial charge < -0.3 is 5.32 Å². The largest absolute Gasteiger partial charge is 0.321 e. The maximum atomic E-state index is 12.2. The number of nitrogens with zero attached hydrogens (tertiary/aromatic N) is 3. The SMILES string of the molecule is CC1CCCN(Cc2ccc(NC(=O)c3ccc(=O)n(C)n3)cc2)C1. The number of carbonyl (C=O) groups excluding carboxylic acids is 1. The molecule has 1 unspecified atom stereocenters. The van der Waals surface area contributed by atoms with Crippen LogP contribution in [0.1, 0.15) is 35.8 Å². The number of amides is 1. The average Bonchev–Trinajstić information content (AvgIpc) is 2.59. The lowest BCUT2D eigenvalue weighted by atomic mass is 10.00. The minimum Gasteiger partial charge on any atom is -0.321 e. The molecule has 3 rings (SSSR count). The van der Waals surface area contributed by atoms with E-state index in [4.69, 9.17) is 0 Å². The summed E-state index contributed by atoms with van der Waals surface area (Å²) < 4.78 is 1.15. The first-order valence-electron chi connectivity index (χ1n) is 8.68. The van der Waals surface area contributed by atoms with Gasteiger partial charge in [-0.05, 0) is 49.1 Å². The second-order valence-electron chi connectivity index (χ2n) is 6.81. The molecule has 0 spiro atoms. The van der Waals surface area contributed by atoms with Crippen LogP contribution >= 0.6 is 0 Å². The normalized spacial score (nSPS) is 18.1. The standard InChI is InChI=1S/C19H24N4O2/c1-14-4-3-11-23(12-14)13-15-5-7-16(8-6-15)20-19(25)17-9-10-18(24)22(2)21-17/h5-10,14H,3-4,11-13H2,1-2H3,(H,20,25). The molecule has 1 aliphatic rings. The number of hydrogen-bond donors (Lipinski definition) is 1. The van der Waals surface area contributed by atoms with Crippen LogP contribution in [0.3, 0.4) is 0 Å². The molecule has 25 heavy (non-hydrogen) atoms. The molecule has 6 nitrogen and oxygen atoms in total. The Balaban J connectivity index is 1.61. The van der Waals surface area contributed by atoms with Gasteiger partial charge in [-0.15, -0.1) is 0 Å². The Morgan fingerprint density at radius 3 is 2.68 bits per heavy atom. The highest BCUT2D eigenvalue weighted by Crippen LogP contribution is 2.19. The van der Waals surface area contributed by atoms with Gasteiger partial charge in [-0.25, -0.2) is 4.68 Å². The topological polar surface area (TPSA) is 67.2 Å². The minimum absolute atomic E-state index is 0.216. The van der Waals surface area contributed by atoms with E-state index in [9.17, 15) is 9.59 Å². The highest BCUT2D eigenvalue weighted by molar-refractivity contribution is 6.02. The smallest absolute Gasteiger partial charge is 0.276 e. The first kappa shape index (κ1) is 17.4. The number of aromatic nitrogens is 2. The summed E-state index contributed by atoms with van der Waals surface area (Å²) in [5, 5.41) is 6.77. The summed E-state index contributed by atoms with van der Waals surface area (Å²) >= 11 is 0. The number of piperidine rings is 1. The summed E-state index contributed by atoms with van der Waals surface area (Å²) in [6.45, 7) is 5.55. The highest BCUT2D eigenvalue weighted by atomic mass is 16.2. The predicted molar refractivity (Wildman–Crippen MR) is 97.5 cm³/mol. The summed E-state index contributed by atoms with van der Waals surface area (Å²) in [4.78, 5) is 26.0. The summed E-state index contributed by atoms with van der Waals surface area (Å²) in [7, 11) is 1.52. The molecule has 1 amide bonds. The molecule has 6 heteroatoms. The van der Waals surface area contributed by atoms with Crippen LogP contribution in [0.2, 0.25) is 0 Å². The van der Waals surface area contributed by atoms with Gasteiger partial charge in [-0.1, -0.05) is 19.1 Å². The van der Waals surface area contributed by atoms with Gasteiger partial charge in [0.15, 0.2) is 0 Å². The van der Waals surface area contributed by atoms with Crippen LogP contribution in [-0.2, 0) is 13.6 Å². The molecule has 132 valence electrons. The van der Waals surface area contributed by atoms with Crippen LogP contribution in [0.4, 0.5) is 5.69 Å². The zero-order chi connectivity index (χ0) is 17.8. The molecule has 1 N–H and O–H groups in total. The van der Waals surface area contributed by atoms with E-state index < -0.39 is 0 Å². The molecule has 1 fully saturated rings. The molecular weight excluding hydrogens is 316 g/mol. The highest BCUT2D eigenvalue weighted by Gasteiger charge is 2.16. The van der Waals surface area contributed by atoms with Crippen molar-refractivity contribution in [1.29, 1.82) is 0 Å². The van der Waals surface area contributed by atoms with Crippen LogP contribution in [0, 0.1) is 5.92 Å². The molecule has 2 aromatic rings. The molecule has 1 atom stereocenters. The molecule has 1 aromatic carbocycles. The second-order valence-corrected chi connectivity index (χ2v) is 6.81. The summed E-state index contributed by atoms with van der Waals surface area (Å²) in [5.41, 5.74) is 1.94. The predicted octanol–water partition coefficient (Wildman–Crippen LogP) is 2.26. The van der Waals surface area contributed by atoms with Crippen LogP contribution in [0.25, 0.3) is 0 Å². The van der Waals surface area contributed by atoms with Crippen LogP contribution in [-0.4, -0.2) is 33.7 Å². The molecule has 0 radical (unpaired) electrons. The Morgan fingerprint density at radius 2 is 2.00 bits per heavy atom. The lowest BCUT2D eigenvalue weighted by Gasteiger charge is -2.30. The average molecular weight is 340 g/mol. The number of carbonyl (C=O) groups is 1. The van der Waals surface area contributed by atoms with E-state index in [-0.39, 0.29) is 17.2 Å². The second kappa shape index (κ2) is 7.61. The van der Waals surface area contributed by atoms with Crippen molar-refractivity contribution in [2.45, 2.75) is 26.3 Å². The number of rotatable bonds is 4. The molecule has 1 aromatic heterocycles. The number of likely N-dealkylation sites (tertiary alicyclic amines) is 1. The van der Waals surface area contributed by atoms with Crippen LogP contribution < -0.4 is 10.9 Å². The Bertz CT molecular complexity index is 798. The maximum Gasteiger partial charge on any atom is 0.276 e. The third-order valence-corrected chi connectivity index (χ3v) is 4.55. The summed E-state index contributed by atoms with van der Waals surface area (Å²) in [6.07, 6.45) is 2.59. The van der Waals surface area contributed by atoms with Gasteiger partial charge in [-0.2, -0.15) is 5.10 Å². The van der Waals surface area contributed by atoms with E-state index in [1.165, 1.54) is 37.6 Å². The first-order valence-corrected chi connectivity index (χ1v) is 8.68. The molecule has 1 saturated heterocycles. The van der Waals surface area contributed by atoms with Crippen molar-refractivity contribution < 1.29 is 4.79 Å². The summed E-state index contributed by atoms with van der Waals surface area (Å²) in [5.74, 6) is 0.440. The van der Waals surface area contributed by atoms with Crippen molar-refractivity contribution in [3.05, 3.63) is 58.0 Å². The zero-order valence-electron chi connectivity index (χ0n) is 14.7. The van der Waals surface area contributed by atoms with Crippen molar-refractivity contribution >= 4 is 11.6 Å². The molecule has 0 bridgehead atoms.